The van der Waals surface area contributed by atoms with Crippen LogP contribution in [-0.2, 0) is 22.5 Å². The highest BCUT2D eigenvalue weighted by Gasteiger charge is 2.58. The summed E-state index contributed by atoms with van der Waals surface area (Å²) in [6.45, 7) is 0.279. The third-order valence-corrected chi connectivity index (χ3v) is 8.60. The lowest BCUT2D eigenvalue weighted by atomic mass is 9.79. The molecule has 45 heavy (non-hydrogen) atoms. The Morgan fingerprint density at radius 1 is 0.644 bits per heavy atom. The van der Waals surface area contributed by atoms with E-state index >= 15 is 0 Å². The molecular weight excluding hydrogens is 568 g/mol. The predicted octanol–water partition coefficient (Wildman–Crippen LogP) is 6.50. The molecule has 7 heteroatoms. The van der Waals surface area contributed by atoms with Gasteiger partial charge in [-0.15, -0.1) is 0 Å². The standard InChI is InChI=1S/C38H42O7/c39-37-36(44-33-23-21-32(22-24-33)43-31-19-11-4-12-20-31)38(40,25-28-13-5-1-6-14-28)35(42-26-29-15-7-2-8-16-29)34(45-37)27-41-30-17-9-3-10-18-30/h1-3,5-10,13-18,21-24,31,34-37,39-40H,4,11-12,19-20,25-27H2/t34-,35-,36+,37+,38+/m1/s1. The summed E-state index contributed by atoms with van der Waals surface area (Å²) in [6, 6.07) is 36.2. The van der Waals surface area contributed by atoms with Gasteiger partial charge < -0.3 is 33.9 Å². The van der Waals surface area contributed by atoms with Gasteiger partial charge in [-0.2, -0.15) is 0 Å². The molecule has 1 heterocycles. The van der Waals surface area contributed by atoms with Crippen molar-refractivity contribution in [2.24, 2.45) is 0 Å². The number of para-hydroxylation sites is 1. The molecule has 2 aliphatic rings. The molecule has 4 aromatic carbocycles. The van der Waals surface area contributed by atoms with Crippen LogP contribution in [0.15, 0.2) is 115 Å². The van der Waals surface area contributed by atoms with E-state index in [1.807, 2.05) is 103 Å². The molecule has 0 aromatic heterocycles. The lowest BCUT2D eigenvalue weighted by Crippen LogP contribution is -2.70. The molecule has 0 unspecified atom stereocenters. The van der Waals surface area contributed by atoms with E-state index in [0.29, 0.717) is 11.5 Å². The lowest BCUT2D eigenvalue weighted by molar-refractivity contribution is -0.323. The van der Waals surface area contributed by atoms with E-state index in [9.17, 15) is 10.2 Å². The SMILES string of the molecule is O[C@H]1O[C@H](COc2ccccc2)[C@@H](OCc2ccccc2)[C@@](O)(Cc2ccccc2)[C@H]1Oc1ccc(OC2CCCCC2)cc1. The second kappa shape index (κ2) is 14.9. The van der Waals surface area contributed by atoms with Gasteiger partial charge in [-0.3, -0.25) is 0 Å². The van der Waals surface area contributed by atoms with E-state index in [2.05, 4.69) is 0 Å². The van der Waals surface area contributed by atoms with Gasteiger partial charge in [0.15, 0.2) is 12.4 Å². The third kappa shape index (κ3) is 8.05. The largest absolute Gasteiger partial charge is 0.491 e. The molecule has 236 valence electrons. The van der Waals surface area contributed by atoms with Gasteiger partial charge in [0.2, 0.25) is 0 Å². The summed E-state index contributed by atoms with van der Waals surface area (Å²) in [5, 5.41) is 24.2. The van der Waals surface area contributed by atoms with Gasteiger partial charge >= 0.3 is 0 Å². The minimum atomic E-state index is -1.70. The van der Waals surface area contributed by atoms with Crippen LogP contribution in [0.2, 0.25) is 0 Å². The maximum absolute atomic E-state index is 12.7. The predicted molar refractivity (Wildman–Crippen MR) is 171 cm³/mol. The van der Waals surface area contributed by atoms with Crippen molar-refractivity contribution in [1.82, 2.24) is 0 Å². The number of rotatable bonds is 12. The first-order valence-electron chi connectivity index (χ1n) is 15.9. The van der Waals surface area contributed by atoms with E-state index in [1.54, 1.807) is 12.1 Å². The Labute approximate surface area is 265 Å². The van der Waals surface area contributed by atoms with E-state index in [4.69, 9.17) is 23.7 Å². The smallest absolute Gasteiger partial charge is 0.195 e. The van der Waals surface area contributed by atoms with Crippen LogP contribution in [0.4, 0.5) is 0 Å². The van der Waals surface area contributed by atoms with Gasteiger partial charge in [-0.05, 0) is 73.2 Å². The van der Waals surface area contributed by atoms with Gasteiger partial charge in [0, 0.05) is 6.42 Å². The number of hydrogen-bond donors (Lipinski definition) is 2. The molecule has 1 aliphatic carbocycles. The van der Waals surface area contributed by atoms with Crippen LogP contribution in [0.1, 0.15) is 43.2 Å². The van der Waals surface area contributed by atoms with E-state index in [-0.39, 0.29) is 25.7 Å². The molecule has 1 saturated heterocycles. The highest BCUT2D eigenvalue weighted by Crippen LogP contribution is 2.38. The molecule has 6 rings (SSSR count). The van der Waals surface area contributed by atoms with Crippen LogP contribution in [0, 0.1) is 0 Å². The topological polar surface area (TPSA) is 86.6 Å². The number of hydrogen-bond acceptors (Lipinski definition) is 7. The van der Waals surface area contributed by atoms with Crippen LogP contribution in [-0.4, -0.2) is 53.1 Å². The van der Waals surface area contributed by atoms with Gasteiger partial charge in [-0.25, -0.2) is 0 Å². The second-order valence-electron chi connectivity index (χ2n) is 11.9. The quantitative estimate of drug-likeness (QED) is 0.189. The fourth-order valence-corrected chi connectivity index (χ4v) is 6.29. The average Bonchev–Trinajstić information content (AvgIpc) is 3.08. The molecular formula is C38H42O7. The minimum absolute atomic E-state index is 0.0531. The van der Waals surface area contributed by atoms with Crippen LogP contribution in [0.25, 0.3) is 0 Å². The first kappa shape index (κ1) is 31.1. The fraction of sp³-hybridized carbons (Fsp3) is 0.368. The molecule has 1 saturated carbocycles. The summed E-state index contributed by atoms with van der Waals surface area (Å²) < 4.78 is 31.3. The van der Waals surface area contributed by atoms with Crippen LogP contribution < -0.4 is 14.2 Å². The lowest BCUT2D eigenvalue weighted by Gasteiger charge is -2.50. The zero-order valence-electron chi connectivity index (χ0n) is 25.4. The molecule has 7 nitrogen and oxygen atoms in total. The van der Waals surface area contributed by atoms with Crippen LogP contribution >= 0.6 is 0 Å². The average molecular weight is 611 g/mol. The zero-order valence-corrected chi connectivity index (χ0v) is 25.4. The number of ether oxygens (including phenoxy) is 5. The normalized spacial score (nSPS) is 25.4. The summed E-state index contributed by atoms with van der Waals surface area (Å²) in [5.74, 6) is 1.90. The summed E-state index contributed by atoms with van der Waals surface area (Å²) in [5.41, 5.74) is 0.116. The maximum Gasteiger partial charge on any atom is 0.195 e. The Balaban J connectivity index is 1.28. The highest BCUT2D eigenvalue weighted by molar-refractivity contribution is 5.32. The molecule has 0 radical (unpaired) electrons. The summed E-state index contributed by atoms with van der Waals surface area (Å²) in [6.07, 6.45) is 1.82. The summed E-state index contributed by atoms with van der Waals surface area (Å²) >= 11 is 0. The van der Waals surface area contributed by atoms with Gasteiger partial charge in [0.1, 0.15) is 41.7 Å². The number of aliphatic hydroxyl groups excluding tert-OH is 1. The van der Waals surface area contributed by atoms with Crippen molar-refractivity contribution in [2.75, 3.05) is 6.61 Å². The van der Waals surface area contributed by atoms with Crippen LogP contribution in [0.5, 0.6) is 17.2 Å². The van der Waals surface area contributed by atoms with Crippen molar-refractivity contribution >= 4 is 0 Å². The first-order chi connectivity index (χ1) is 22.1. The summed E-state index contributed by atoms with van der Waals surface area (Å²) in [4.78, 5) is 0. The van der Waals surface area contributed by atoms with Gasteiger partial charge in [-0.1, -0.05) is 85.3 Å². The molecule has 2 N–H and O–H groups in total. The van der Waals surface area contributed by atoms with Crippen molar-refractivity contribution < 1.29 is 33.9 Å². The number of benzene rings is 4. The van der Waals surface area contributed by atoms with Crippen molar-refractivity contribution in [1.29, 1.82) is 0 Å². The maximum atomic E-state index is 12.7. The Morgan fingerprint density at radius 3 is 1.87 bits per heavy atom. The zero-order chi connectivity index (χ0) is 30.9. The van der Waals surface area contributed by atoms with Gasteiger partial charge in [0.25, 0.3) is 0 Å². The minimum Gasteiger partial charge on any atom is -0.491 e. The van der Waals surface area contributed by atoms with E-state index < -0.39 is 30.2 Å². The molecule has 2 fully saturated rings. The Bertz CT molecular complexity index is 1430. The van der Waals surface area contributed by atoms with Crippen LogP contribution in [0.3, 0.4) is 0 Å². The second-order valence-corrected chi connectivity index (χ2v) is 11.9. The molecule has 5 atom stereocenters. The highest BCUT2D eigenvalue weighted by atomic mass is 16.7. The fourth-order valence-electron chi connectivity index (χ4n) is 6.29. The number of aliphatic hydroxyl groups is 2. The molecule has 0 spiro atoms. The summed E-state index contributed by atoms with van der Waals surface area (Å²) in [7, 11) is 0. The molecule has 0 amide bonds. The Kier molecular flexibility index (Phi) is 10.3. The molecule has 4 aromatic rings. The Morgan fingerprint density at radius 2 is 1.22 bits per heavy atom. The first-order valence-corrected chi connectivity index (χ1v) is 15.9. The van der Waals surface area contributed by atoms with Crippen molar-refractivity contribution in [3.63, 3.8) is 0 Å². The van der Waals surface area contributed by atoms with Crippen molar-refractivity contribution in [3.8, 4) is 17.2 Å². The monoisotopic (exact) mass is 610 g/mol. The van der Waals surface area contributed by atoms with Crippen molar-refractivity contribution in [2.45, 2.75) is 81.4 Å². The molecule has 1 aliphatic heterocycles. The van der Waals surface area contributed by atoms with E-state index in [1.165, 1.54) is 19.3 Å². The molecule has 0 bridgehead atoms. The third-order valence-electron chi connectivity index (χ3n) is 8.60. The van der Waals surface area contributed by atoms with E-state index in [0.717, 1.165) is 29.7 Å². The Hall–Kier alpha value is -3.88. The van der Waals surface area contributed by atoms with Crippen molar-refractivity contribution in [3.05, 3.63) is 126 Å². The van der Waals surface area contributed by atoms with Gasteiger partial charge in [0.05, 0.1) is 12.7 Å².